The van der Waals surface area contributed by atoms with Crippen LogP contribution in [0, 0.1) is 5.82 Å². The molecule has 27 heavy (non-hydrogen) atoms. The molecule has 2 aliphatic rings. The highest BCUT2D eigenvalue weighted by Gasteiger charge is 2.41. The summed E-state index contributed by atoms with van der Waals surface area (Å²) < 4.78 is 14.5. The van der Waals surface area contributed by atoms with Gasteiger partial charge < -0.3 is 4.90 Å². The van der Waals surface area contributed by atoms with Gasteiger partial charge in [-0.05, 0) is 48.0 Å². The molecule has 0 saturated heterocycles. The molecule has 6 rings (SSSR count). The van der Waals surface area contributed by atoms with Crippen molar-refractivity contribution < 1.29 is 4.39 Å². The zero-order valence-corrected chi connectivity index (χ0v) is 15.2. The lowest BCUT2D eigenvalue weighted by molar-refractivity contribution is 0.628. The molecule has 2 atom stereocenters. The Morgan fingerprint density at radius 3 is 2.44 bits per heavy atom. The van der Waals surface area contributed by atoms with Crippen molar-refractivity contribution in [3.63, 3.8) is 0 Å². The van der Waals surface area contributed by atoms with Gasteiger partial charge in [-0.1, -0.05) is 36.4 Å². The Bertz CT molecular complexity index is 1190. The molecule has 0 amide bonds. The predicted octanol–water partition coefficient (Wildman–Crippen LogP) is 6.27. The standard InChI is InChI=1S/C23H15FN2S/c24-15-8-6-14(7-9-15)23-25-18-11-10-17-19-12-13-20(21(17)22(18)27-23)26(19)16-4-2-1-3-5-16/h1-13,19-20H. The summed E-state index contributed by atoms with van der Waals surface area (Å²) >= 11 is 1.70. The zero-order valence-electron chi connectivity index (χ0n) is 14.3. The molecular weight excluding hydrogens is 355 g/mol. The van der Waals surface area contributed by atoms with E-state index < -0.39 is 0 Å². The van der Waals surface area contributed by atoms with Gasteiger partial charge in [0, 0.05) is 16.8 Å². The van der Waals surface area contributed by atoms with E-state index in [0.29, 0.717) is 0 Å². The minimum absolute atomic E-state index is 0.221. The molecule has 1 aromatic heterocycles. The molecule has 0 fully saturated rings. The third-order valence-corrected chi connectivity index (χ3v) is 6.62. The van der Waals surface area contributed by atoms with E-state index in [9.17, 15) is 4.39 Å². The summed E-state index contributed by atoms with van der Waals surface area (Å²) in [6.07, 6.45) is 4.60. The number of anilines is 1. The first-order valence-electron chi connectivity index (χ1n) is 9.00. The lowest BCUT2D eigenvalue weighted by atomic mass is 9.97. The van der Waals surface area contributed by atoms with Gasteiger partial charge in [-0.15, -0.1) is 11.3 Å². The molecule has 4 heteroatoms. The van der Waals surface area contributed by atoms with Crippen molar-refractivity contribution in [2.45, 2.75) is 12.1 Å². The van der Waals surface area contributed by atoms with Gasteiger partial charge in [0.25, 0.3) is 0 Å². The molecule has 130 valence electrons. The van der Waals surface area contributed by atoms with Gasteiger partial charge in [0.1, 0.15) is 10.8 Å². The Balaban J connectivity index is 1.51. The van der Waals surface area contributed by atoms with Crippen LogP contribution in [-0.2, 0) is 0 Å². The van der Waals surface area contributed by atoms with Gasteiger partial charge in [0.2, 0.25) is 0 Å². The first kappa shape index (κ1) is 15.1. The number of fused-ring (bicyclic) bond motifs is 7. The van der Waals surface area contributed by atoms with Crippen molar-refractivity contribution in [1.29, 1.82) is 0 Å². The minimum Gasteiger partial charge on any atom is -0.350 e. The monoisotopic (exact) mass is 370 g/mol. The van der Waals surface area contributed by atoms with Crippen molar-refractivity contribution >= 4 is 27.2 Å². The van der Waals surface area contributed by atoms with E-state index >= 15 is 0 Å². The number of thiazole rings is 1. The van der Waals surface area contributed by atoms with Crippen LogP contribution in [0.3, 0.4) is 0 Å². The Kier molecular flexibility index (Phi) is 3.08. The van der Waals surface area contributed by atoms with E-state index in [1.54, 1.807) is 23.5 Å². The molecule has 2 aliphatic heterocycles. The summed E-state index contributed by atoms with van der Waals surface area (Å²) in [4.78, 5) is 7.30. The summed E-state index contributed by atoms with van der Waals surface area (Å²) in [5.74, 6) is -0.221. The molecule has 2 bridgehead atoms. The Hall–Kier alpha value is -2.98. The zero-order chi connectivity index (χ0) is 18.0. The maximum Gasteiger partial charge on any atom is 0.124 e. The largest absolute Gasteiger partial charge is 0.350 e. The van der Waals surface area contributed by atoms with Crippen molar-refractivity contribution in [3.8, 4) is 10.6 Å². The highest BCUT2D eigenvalue weighted by atomic mass is 32.1. The highest BCUT2D eigenvalue weighted by molar-refractivity contribution is 7.21. The van der Waals surface area contributed by atoms with Gasteiger partial charge in [-0.3, -0.25) is 0 Å². The van der Waals surface area contributed by atoms with Crippen LogP contribution in [0.1, 0.15) is 23.2 Å². The second-order valence-corrected chi connectivity index (χ2v) is 7.96. The van der Waals surface area contributed by atoms with Crippen LogP contribution in [0.5, 0.6) is 0 Å². The molecule has 3 heterocycles. The topological polar surface area (TPSA) is 16.1 Å². The second kappa shape index (κ2) is 5.51. The summed E-state index contributed by atoms with van der Waals surface area (Å²) in [6, 6.07) is 22.0. The molecular formula is C23H15FN2S. The van der Waals surface area contributed by atoms with E-state index in [-0.39, 0.29) is 17.9 Å². The average molecular weight is 370 g/mol. The normalized spacial score (nSPS) is 19.8. The lowest BCUT2D eigenvalue weighted by Crippen LogP contribution is -2.18. The number of hydrogen-bond donors (Lipinski definition) is 0. The third kappa shape index (κ3) is 2.14. The number of nitrogens with zero attached hydrogens (tertiary/aromatic N) is 2. The molecule has 0 spiro atoms. The molecule has 4 aromatic rings. The summed E-state index contributed by atoms with van der Waals surface area (Å²) in [6.45, 7) is 0. The fourth-order valence-corrected chi connectivity index (χ4v) is 5.44. The van der Waals surface area contributed by atoms with E-state index in [2.05, 4.69) is 59.5 Å². The van der Waals surface area contributed by atoms with Crippen LogP contribution in [0.15, 0.2) is 78.9 Å². The van der Waals surface area contributed by atoms with Gasteiger partial charge in [0.05, 0.1) is 22.3 Å². The fraction of sp³-hybridized carbons (Fsp3) is 0.0870. The highest BCUT2D eigenvalue weighted by Crippen LogP contribution is 2.54. The molecule has 0 radical (unpaired) electrons. The average Bonchev–Trinajstić information content (AvgIpc) is 3.40. The number of halogens is 1. The summed E-state index contributed by atoms with van der Waals surface area (Å²) in [7, 11) is 0. The second-order valence-electron chi connectivity index (χ2n) is 6.96. The van der Waals surface area contributed by atoms with E-state index in [4.69, 9.17) is 4.98 Å². The quantitative estimate of drug-likeness (QED) is 0.386. The van der Waals surface area contributed by atoms with Crippen LogP contribution < -0.4 is 4.90 Å². The molecule has 0 saturated carbocycles. The molecule has 2 nitrogen and oxygen atoms in total. The van der Waals surface area contributed by atoms with E-state index in [1.165, 1.54) is 33.6 Å². The van der Waals surface area contributed by atoms with Crippen molar-refractivity contribution in [3.05, 3.63) is 95.8 Å². The summed E-state index contributed by atoms with van der Waals surface area (Å²) in [5, 5.41) is 0.941. The van der Waals surface area contributed by atoms with Crippen molar-refractivity contribution in [2.75, 3.05) is 4.90 Å². The smallest absolute Gasteiger partial charge is 0.124 e. The number of rotatable bonds is 2. The number of benzene rings is 3. The Morgan fingerprint density at radius 1 is 0.852 bits per heavy atom. The van der Waals surface area contributed by atoms with Crippen LogP contribution in [0.25, 0.3) is 20.8 Å². The van der Waals surface area contributed by atoms with Gasteiger partial charge in [0.15, 0.2) is 0 Å². The molecule has 0 N–H and O–H groups in total. The van der Waals surface area contributed by atoms with E-state index in [0.717, 1.165) is 16.1 Å². The van der Waals surface area contributed by atoms with Crippen molar-refractivity contribution in [1.82, 2.24) is 4.98 Å². The van der Waals surface area contributed by atoms with Crippen LogP contribution in [0.4, 0.5) is 10.1 Å². The molecule has 2 unspecified atom stereocenters. The Morgan fingerprint density at radius 2 is 1.63 bits per heavy atom. The predicted molar refractivity (Wildman–Crippen MR) is 109 cm³/mol. The number of aromatic nitrogens is 1. The number of hydrogen-bond acceptors (Lipinski definition) is 3. The van der Waals surface area contributed by atoms with E-state index in [1.807, 2.05) is 0 Å². The first-order chi connectivity index (χ1) is 13.3. The SMILES string of the molecule is Fc1ccc(-c2nc3ccc4c(c3s2)C2C=CC4N2c2ccccc2)cc1. The van der Waals surface area contributed by atoms with Gasteiger partial charge >= 0.3 is 0 Å². The van der Waals surface area contributed by atoms with Gasteiger partial charge in [-0.25, -0.2) is 9.37 Å². The summed E-state index contributed by atoms with van der Waals surface area (Å²) in [5.41, 5.74) is 5.96. The maximum absolute atomic E-state index is 13.3. The first-order valence-corrected chi connectivity index (χ1v) is 9.82. The van der Waals surface area contributed by atoms with Crippen LogP contribution in [-0.4, -0.2) is 4.98 Å². The van der Waals surface area contributed by atoms with Crippen LogP contribution in [0.2, 0.25) is 0 Å². The Labute approximate surface area is 160 Å². The molecule has 0 aliphatic carbocycles. The fourth-order valence-electron chi connectivity index (χ4n) is 4.29. The van der Waals surface area contributed by atoms with Crippen LogP contribution >= 0.6 is 11.3 Å². The van der Waals surface area contributed by atoms with Crippen molar-refractivity contribution in [2.24, 2.45) is 0 Å². The lowest BCUT2D eigenvalue weighted by Gasteiger charge is -2.25. The molecule has 3 aromatic carbocycles. The minimum atomic E-state index is -0.221. The maximum atomic E-state index is 13.3. The third-order valence-electron chi connectivity index (χ3n) is 5.46. The van der Waals surface area contributed by atoms with Gasteiger partial charge in [-0.2, -0.15) is 0 Å². The number of para-hydroxylation sites is 1.